The summed E-state index contributed by atoms with van der Waals surface area (Å²) in [5, 5.41) is 2.54. The number of ether oxygens (including phenoxy) is 3. The normalized spacial score (nSPS) is 11.5. The van der Waals surface area contributed by atoms with E-state index in [-0.39, 0.29) is 23.1 Å². The molecule has 0 aliphatic carbocycles. The van der Waals surface area contributed by atoms with Crippen LogP contribution >= 0.6 is 0 Å². The van der Waals surface area contributed by atoms with E-state index in [0.29, 0.717) is 18.7 Å². The van der Waals surface area contributed by atoms with Gasteiger partial charge in [-0.25, -0.2) is 23.0 Å². The van der Waals surface area contributed by atoms with Crippen molar-refractivity contribution in [1.29, 1.82) is 0 Å². The van der Waals surface area contributed by atoms with Gasteiger partial charge in [0.05, 0.1) is 11.5 Å². The van der Waals surface area contributed by atoms with Crippen LogP contribution in [0.3, 0.4) is 0 Å². The SMILES string of the molecule is CCOC(=O)COc1ccc(S(=O)(=O)c2ccc(CCNC(=O)OC(C)(C)C)cn2)cc1. The number of aromatic nitrogens is 1. The fraction of sp³-hybridized carbons (Fsp3) is 0.409. The minimum atomic E-state index is -3.81. The van der Waals surface area contributed by atoms with Crippen molar-refractivity contribution >= 4 is 21.9 Å². The van der Waals surface area contributed by atoms with Crippen LogP contribution in [0.2, 0.25) is 0 Å². The van der Waals surface area contributed by atoms with E-state index in [9.17, 15) is 18.0 Å². The second kappa shape index (κ2) is 10.9. The number of sulfone groups is 1. The molecular formula is C22H28N2O7S. The molecule has 1 N–H and O–H groups in total. The molecule has 2 aromatic rings. The van der Waals surface area contributed by atoms with Crippen LogP contribution in [0.1, 0.15) is 33.3 Å². The Kier molecular flexibility index (Phi) is 8.59. The zero-order valence-electron chi connectivity index (χ0n) is 18.6. The van der Waals surface area contributed by atoms with E-state index in [1.807, 2.05) is 0 Å². The van der Waals surface area contributed by atoms with Gasteiger partial charge >= 0.3 is 12.1 Å². The van der Waals surface area contributed by atoms with E-state index in [4.69, 9.17) is 14.2 Å². The third-order valence-corrected chi connectivity index (χ3v) is 5.64. The highest BCUT2D eigenvalue weighted by atomic mass is 32.2. The Morgan fingerprint density at radius 2 is 1.75 bits per heavy atom. The number of nitrogens with zero attached hydrogens (tertiary/aromatic N) is 1. The van der Waals surface area contributed by atoms with Crippen molar-refractivity contribution in [3.8, 4) is 5.75 Å². The van der Waals surface area contributed by atoms with Crippen molar-refractivity contribution in [3.63, 3.8) is 0 Å². The van der Waals surface area contributed by atoms with Gasteiger partial charge in [0.1, 0.15) is 11.4 Å². The fourth-order valence-corrected chi connectivity index (χ4v) is 3.70. The molecule has 0 saturated heterocycles. The number of hydrogen-bond donors (Lipinski definition) is 1. The maximum atomic E-state index is 12.8. The molecule has 0 bridgehead atoms. The molecule has 2 rings (SSSR count). The monoisotopic (exact) mass is 464 g/mol. The fourth-order valence-electron chi connectivity index (χ4n) is 2.52. The minimum Gasteiger partial charge on any atom is -0.482 e. The third-order valence-electron chi connectivity index (χ3n) is 3.95. The van der Waals surface area contributed by atoms with Crippen LogP contribution < -0.4 is 10.1 Å². The van der Waals surface area contributed by atoms with Crippen molar-refractivity contribution in [2.45, 2.75) is 49.6 Å². The first-order chi connectivity index (χ1) is 15.0. The zero-order chi connectivity index (χ0) is 23.8. The summed E-state index contributed by atoms with van der Waals surface area (Å²) in [6.07, 6.45) is 1.42. The molecule has 32 heavy (non-hydrogen) atoms. The van der Waals surface area contributed by atoms with Gasteiger partial charge in [-0.1, -0.05) is 6.07 Å². The average Bonchev–Trinajstić information content (AvgIpc) is 2.72. The predicted octanol–water partition coefficient (Wildman–Crippen LogP) is 2.92. The summed E-state index contributed by atoms with van der Waals surface area (Å²) in [6.45, 7) is 7.35. The molecule has 0 spiro atoms. The Labute approximate surface area is 188 Å². The molecule has 0 radical (unpaired) electrons. The van der Waals surface area contributed by atoms with E-state index >= 15 is 0 Å². The Bertz CT molecular complexity index is 1010. The molecule has 0 fully saturated rings. The van der Waals surface area contributed by atoms with Gasteiger partial charge in [0.15, 0.2) is 11.6 Å². The molecule has 0 aliphatic rings. The molecular weight excluding hydrogens is 436 g/mol. The lowest BCUT2D eigenvalue weighted by atomic mass is 10.2. The first kappa shape index (κ1) is 25.1. The molecule has 9 nitrogen and oxygen atoms in total. The second-order valence-electron chi connectivity index (χ2n) is 7.75. The van der Waals surface area contributed by atoms with E-state index in [2.05, 4.69) is 10.3 Å². The van der Waals surface area contributed by atoms with Crippen LogP contribution in [0.25, 0.3) is 0 Å². The summed E-state index contributed by atoms with van der Waals surface area (Å²) in [5.74, 6) is -0.160. The number of pyridine rings is 1. The van der Waals surface area contributed by atoms with Gasteiger partial charge < -0.3 is 19.5 Å². The number of carbonyl (C=O) groups excluding carboxylic acids is 2. The number of nitrogens with one attached hydrogen (secondary N) is 1. The summed E-state index contributed by atoms with van der Waals surface area (Å²) < 4.78 is 40.8. The maximum absolute atomic E-state index is 12.8. The van der Waals surface area contributed by atoms with E-state index in [1.165, 1.54) is 36.5 Å². The largest absolute Gasteiger partial charge is 0.482 e. The van der Waals surface area contributed by atoms with Gasteiger partial charge in [-0.15, -0.1) is 0 Å². The summed E-state index contributed by atoms with van der Waals surface area (Å²) in [7, 11) is -3.81. The Balaban J connectivity index is 1.95. The smallest absolute Gasteiger partial charge is 0.407 e. The van der Waals surface area contributed by atoms with Gasteiger partial charge in [-0.2, -0.15) is 0 Å². The Morgan fingerprint density at radius 1 is 1.06 bits per heavy atom. The topological polar surface area (TPSA) is 121 Å². The van der Waals surface area contributed by atoms with Crippen molar-refractivity contribution in [1.82, 2.24) is 10.3 Å². The van der Waals surface area contributed by atoms with Gasteiger partial charge in [0.25, 0.3) is 0 Å². The molecule has 1 aromatic heterocycles. The Morgan fingerprint density at radius 3 is 2.31 bits per heavy atom. The highest BCUT2D eigenvalue weighted by molar-refractivity contribution is 7.91. The van der Waals surface area contributed by atoms with Crippen LogP contribution in [-0.4, -0.2) is 50.8 Å². The summed E-state index contributed by atoms with van der Waals surface area (Å²) in [6, 6.07) is 8.76. The molecule has 10 heteroatoms. The number of amides is 1. The molecule has 0 aliphatic heterocycles. The van der Waals surface area contributed by atoms with Gasteiger partial charge in [-0.05, 0) is 70.0 Å². The van der Waals surface area contributed by atoms with Crippen LogP contribution in [-0.2, 0) is 30.5 Å². The average molecular weight is 465 g/mol. The van der Waals surface area contributed by atoms with Gasteiger partial charge in [0, 0.05) is 12.7 Å². The lowest BCUT2D eigenvalue weighted by Crippen LogP contribution is -2.33. The first-order valence-electron chi connectivity index (χ1n) is 10.1. The number of carbonyl (C=O) groups is 2. The molecule has 0 atom stereocenters. The van der Waals surface area contributed by atoms with Crippen molar-refractivity contribution in [2.75, 3.05) is 19.8 Å². The maximum Gasteiger partial charge on any atom is 0.407 e. The third kappa shape index (κ3) is 7.84. The highest BCUT2D eigenvalue weighted by Gasteiger charge is 2.19. The zero-order valence-corrected chi connectivity index (χ0v) is 19.4. The molecule has 1 aromatic carbocycles. The van der Waals surface area contributed by atoms with E-state index in [1.54, 1.807) is 33.8 Å². The summed E-state index contributed by atoms with van der Waals surface area (Å²) in [5.41, 5.74) is 0.190. The standard InChI is InChI=1S/C22H28N2O7S/c1-5-29-20(25)15-30-17-7-9-18(10-8-17)32(27,28)19-11-6-16(14-24-19)12-13-23-21(26)31-22(2,3)4/h6-11,14H,5,12-13,15H2,1-4H3,(H,23,26). The van der Waals surface area contributed by atoms with Crippen LogP contribution in [0, 0.1) is 0 Å². The molecule has 174 valence electrons. The molecule has 0 unspecified atom stereocenters. The minimum absolute atomic E-state index is 0.0489. The number of benzene rings is 1. The Hall–Kier alpha value is -3.14. The molecule has 1 amide bonds. The van der Waals surface area contributed by atoms with Crippen molar-refractivity contribution in [2.24, 2.45) is 0 Å². The predicted molar refractivity (Wildman–Crippen MR) is 116 cm³/mol. The number of esters is 1. The number of alkyl carbamates (subject to hydrolysis) is 1. The molecule has 0 saturated carbocycles. The van der Waals surface area contributed by atoms with Crippen LogP contribution in [0.4, 0.5) is 4.79 Å². The summed E-state index contributed by atoms with van der Waals surface area (Å²) in [4.78, 5) is 27.1. The first-order valence-corrected chi connectivity index (χ1v) is 11.5. The van der Waals surface area contributed by atoms with E-state index in [0.717, 1.165) is 5.56 Å². The van der Waals surface area contributed by atoms with Crippen molar-refractivity contribution < 1.29 is 32.2 Å². The quantitative estimate of drug-likeness (QED) is 0.562. The van der Waals surface area contributed by atoms with Crippen LogP contribution in [0.15, 0.2) is 52.5 Å². The molecule has 1 heterocycles. The van der Waals surface area contributed by atoms with Gasteiger partial charge in [0.2, 0.25) is 9.84 Å². The van der Waals surface area contributed by atoms with E-state index < -0.39 is 27.5 Å². The number of hydrogen-bond acceptors (Lipinski definition) is 8. The van der Waals surface area contributed by atoms with Crippen molar-refractivity contribution in [3.05, 3.63) is 48.2 Å². The highest BCUT2D eigenvalue weighted by Crippen LogP contribution is 2.22. The van der Waals surface area contributed by atoms with Crippen LogP contribution in [0.5, 0.6) is 5.75 Å². The number of rotatable bonds is 9. The summed E-state index contributed by atoms with van der Waals surface area (Å²) >= 11 is 0. The lowest BCUT2D eigenvalue weighted by Gasteiger charge is -2.19. The lowest BCUT2D eigenvalue weighted by molar-refractivity contribution is -0.145. The van der Waals surface area contributed by atoms with Gasteiger partial charge in [-0.3, -0.25) is 0 Å². The second-order valence-corrected chi connectivity index (χ2v) is 9.65.